The number of amides is 1. The van der Waals surface area contributed by atoms with Crippen molar-refractivity contribution in [3.63, 3.8) is 0 Å². The number of nitrogens with one attached hydrogen (secondary N) is 2. The van der Waals surface area contributed by atoms with Gasteiger partial charge in [-0.25, -0.2) is 13.4 Å². The third kappa shape index (κ3) is 4.34. The van der Waals surface area contributed by atoms with Crippen molar-refractivity contribution in [3.8, 4) is 0 Å². The van der Waals surface area contributed by atoms with Crippen molar-refractivity contribution < 1.29 is 13.2 Å². The molecule has 0 aliphatic carbocycles. The Bertz CT molecular complexity index is 673. The van der Waals surface area contributed by atoms with Gasteiger partial charge in [0.05, 0.1) is 16.8 Å². The van der Waals surface area contributed by atoms with Gasteiger partial charge in [0, 0.05) is 25.6 Å². The molecule has 1 heterocycles. The van der Waals surface area contributed by atoms with Crippen LogP contribution in [-0.4, -0.2) is 42.8 Å². The van der Waals surface area contributed by atoms with E-state index in [0.29, 0.717) is 13.0 Å². The fourth-order valence-corrected chi connectivity index (χ4v) is 2.37. The molecule has 2 N–H and O–H groups in total. The first kappa shape index (κ1) is 14.5. The summed E-state index contributed by atoms with van der Waals surface area (Å²) in [4.78, 5) is 19.0. The minimum absolute atomic E-state index is 0.00103. The van der Waals surface area contributed by atoms with Gasteiger partial charge in [-0.2, -0.15) is 0 Å². The Balaban J connectivity index is 1.79. The normalized spacial score (nSPS) is 11.7. The highest BCUT2D eigenvalue weighted by molar-refractivity contribution is 7.90. The number of fused-ring (bicyclic) bond motifs is 1. The first-order valence-electron chi connectivity index (χ1n) is 6.32. The van der Waals surface area contributed by atoms with Crippen LogP contribution >= 0.6 is 0 Å². The molecule has 0 bridgehead atoms. The van der Waals surface area contributed by atoms with Gasteiger partial charge in [-0.15, -0.1) is 0 Å². The third-order valence-corrected chi connectivity index (χ3v) is 3.77. The van der Waals surface area contributed by atoms with Crippen LogP contribution < -0.4 is 5.32 Å². The molecule has 7 heteroatoms. The number of nitrogens with zero attached hydrogens (tertiary/aromatic N) is 1. The highest BCUT2D eigenvalue weighted by atomic mass is 32.2. The van der Waals surface area contributed by atoms with E-state index in [0.717, 1.165) is 23.1 Å². The van der Waals surface area contributed by atoms with E-state index in [1.165, 1.54) is 0 Å². The van der Waals surface area contributed by atoms with Gasteiger partial charge in [-0.1, -0.05) is 12.1 Å². The number of carbonyl (C=O) groups is 1. The average molecular weight is 295 g/mol. The van der Waals surface area contributed by atoms with Gasteiger partial charge >= 0.3 is 0 Å². The molecule has 0 aliphatic rings. The number of sulfone groups is 1. The molecule has 0 fully saturated rings. The second-order valence-electron chi connectivity index (χ2n) is 4.68. The molecule has 0 saturated carbocycles. The van der Waals surface area contributed by atoms with Gasteiger partial charge in [0.15, 0.2) is 0 Å². The number of H-pyrrole nitrogens is 1. The monoisotopic (exact) mass is 295 g/mol. The number of carbonyl (C=O) groups excluding carboxylic acids is 1. The number of aromatic nitrogens is 2. The first-order valence-corrected chi connectivity index (χ1v) is 8.38. The van der Waals surface area contributed by atoms with Crippen LogP contribution in [0.5, 0.6) is 0 Å². The lowest BCUT2D eigenvalue weighted by Crippen LogP contribution is -2.27. The Labute approximate surface area is 117 Å². The summed E-state index contributed by atoms with van der Waals surface area (Å²) in [5.74, 6) is 0.421. The summed E-state index contributed by atoms with van der Waals surface area (Å²) >= 11 is 0. The molecule has 1 aromatic carbocycles. The Morgan fingerprint density at radius 1 is 1.35 bits per heavy atom. The topological polar surface area (TPSA) is 91.9 Å². The number of imidazole rings is 1. The molecule has 20 heavy (non-hydrogen) atoms. The molecule has 0 aliphatic heterocycles. The van der Waals surface area contributed by atoms with E-state index in [1.807, 2.05) is 24.3 Å². The van der Waals surface area contributed by atoms with Crippen LogP contribution in [0.1, 0.15) is 12.2 Å². The van der Waals surface area contributed by atoms with Crippen molar-refractivity contribution in [1.82, 2.24) is 15.3 Å². The molecule has 0 spiro atoms. The molecule has 0 unspecified atom stereocenters. The SMILES string of the molecule is CS(=O)(=O)CCC(=O)NCCc1nc2ccccc2[nH]1. The number of aromatic amines is 1. The lowest BCUT2D eigenvalue weighted by molar-refractivity contribution is -0.120. The summed E-state index contributed by atoms with van der Waals surface area (Å²) in [7, 11) is -3.09. The predicted octanol–water partition coefficient (Wildman–Crippen LogP) is 0.656. The fourth-order valence-electron chi connectivity index (χ4n) is 1.81. The van der Waals surface area contributed by atoms with Gasteiger partial charge in [0.25, 0.3) is 0 Å². The van der Waals surface area contributed by atoms with Crippen molar-refractivity contribution in [2.45, 2.75) is 12.8 Å². The zero-order chi connectivity index (χ0) is 14.6. The first-order chi connectivity index (χ1) is 9.44. The van der Waals surface area contributed by atoms with Crippen LogP contribution in [0.3, 0.4) is 0 Å². The molecular formula is C13H17N3O3S. The standard InChI is InChI=1S/C13H17N3O3S/c1-20(18,19)9-7-13(17)14-8-6-12-15-10-4-2-3-5-11(10)16-12/h2-5H,6-9H2,1H3,(H,14,17)(H,15,16). The van der Waals surface area contributed by atoms with Crippen LogP contribution in [-0.2, 0) is 21.1 Å². The lowest BCUT2D eigenvalue weighted by Gasteiger charge is -2.03. The predicted molar refractivity (Wildman–Crippen MR) is 77.1 cm³/mol. The maximum absolute atomic E-state index is 11.4. The number of hydrogen-bond donors (Lipinski definition) is 2. The quantitative estimate of drug-likeness (QED) is 0.818. The Hall–Kier alpha value is -1.89. The van der Waals surface area contributed by atoms with E-state index >= 15 is 0 Å². The molecule has 0 saturated heterocycles. The maximum Gasteiger partial charge on any atom is 0.221 e. The van der Waals surface area contributed by atoms with Crippen molar-refractivity contribution >= 4 is 26.8 Å². The van der Waals surface area contributed by atoms with Crippen LogP contribution in [0.2, 0.25) is 0 Å². The van der Waals surface area contributed by atoms with Crippen molar-refractivity contribution in [1.29, 1.82) is 0 Å². The molecule has 2 rings (SSSR count). The van der Waals surface area contributed by atoms with E-state index in [4.69, 9.17) is 0 Å². The van der Waals surface area contributed by atoms with Crippen LogP contribution in [0.15, 0.2) is 24.3 Å². The van der Waals surface area contributed by atoms with E-state index in [9.17, 15) is 13.2 Å². The van der Waals surface area contributed by atoms with Crippen molar-refractivity contribution in [2.24, 2.45) is 0 Å². The zero-order valence-electron chi connectivity index (χ0n) is 11.2. The second kappa shape index (κ2) is 6.04. The molecule has 6 nitrogen and oxygen atoms in total. The van der Waals surface area contributed by atoms with Crippen molar-refractivity contribution in [2.75, 3.05) is 18.6 Å². The number of para-hydroxylation sites is 2. The maximum atomic E-state index is 11.4. The third-order valence-electron chi connectivity index (χ3n) is 2.82. The largest absolute Gasteiger partial charge is 0.356 e. The fraction of sp³-hybridized carbons (Fsp3) is 0.385. The minimum atomic E-state index is -3.09. The van der Waals surface area contributed by atoms with E-state index in [-0.39, 0.29) is 18.1 Å². The Morgan fingerprint density at radius 2 is 2.10 bits per heavy atom. The number of benzene rings is 1. The molecule has 2 aromatic rings. The molecule has 1 amide bonds. The highest BCUT2D eigenvalue weighted by Gasteiger charge is 2.08. The van der Waals surface area contributed by atoms with Crippen LogP contribution in [0.25, 0.3) is 11.0 Å². The molecule has 1 aromatic heterocycles. The van der Waals surface area contributed by atoms with E-state index in [2.05, 4.69) is 15.3 Å². The lowest BCUT2D eigenvalue weighted by atomic mass is 10.3. The summed E-state index contributed by atoms with van der Waals surface area (Å²) in [5, 5.41) is 2.68. The summed E-state index contributed by atoms with van der Waals surface area (Å²) in [6.45, 7) is 0.433. The summed E-state index contributed by atoms with van der Waals surface area (Å²) in [6.07, 6.45) is 1.70. The number of rotatable bonds is 6. The Morgan fingerprint density at radius 3 is 2.80 bits per heavy atom. The van der Waals surface area contributed by atoms with Crippen LogP contribution in [0.4, 0.5) is 0 Å². The average Bonchev–Trinajstić information content (AvgIpc) is 2.78. The Kier molecular flexibility index (Phi) is 4.39. The second-order valence-corrected chi connectivity index (χ2v) is 6.94. The molecule has 108 valence electrons. The van der Waals surface area contributed by atoms with Gasteiger partial charge in [0.1, 0.15) is 15.7 Å². The van der Waals surface area contributed by atoms with Crippen LogP contribution in [0, 0.1) is 0 Å². The van der Waals surface area contributed by atoms with E-state index in [1.54, 1.807) is 0 Å². The zero-order valence-corrected chi connectivity index (χ0v) is 12.0. The van der Waals surface area contributed by atoms with Gasteiger partial charge in [-0.3, -0.25) is 4.79 Å². The number of hydrogen-bond acceptors (Lipinski definition) is 4. The van der Waals surface area contributed by atoms with Gasteiger partial charge in [-0.05, 0) is 12.1 Å². The summed E-state index contributed by atoms with van der Waals surface area (Å²) in [6, 6.07) is 7.70. The van der Waals surface area contributed by atoms with E-state index < -0.39 is 9.84 Å². The summed E-state index contributed by atoms with van der Waals surface area (Å²) < 4.78 is 21.9. The van der Waals surface area contributed by atoms with Crippen molar-refractivity contribution in [3.05, 3.63) is 30.1 Å². The molecular weight excluding hydrogens is 278 g/mol. The highest BCUT2D eigenvalue weighted by Crippen LogP contribution is 2.10. The van der Waals surface area contributed by atoms with Gasteiger partial charge in [0.2, 0.25) is 5.91 Å². The molecule has 0 atom stereocenters. The van der Waals surface area contributed by atoms with Gasteiger partial charge < -0.3 is 10.3 Å². The minimum Gasteiger partial charge on any atom is -0.356 e. The molecule has 0 radical (unpaired) electrons. The smallest absolute Gasteiger partial charge is 0.221 e. The summed E-state index contributed by atoms with van der Waals surface area (Å²) in [5.41, 5.74) is 1.86.